The Kier molecular flexibility index (Phi) is 4.61. The lowest BCUT2D eigenvalue weighted by Crippen LogP contribution is -2.25. The molecular weight excluding hydrogens is 413 g/mol. The minimum Gasteiger partial charge on any atom is -0.352 e. The number of halogens is 2. The van der Waals surface area contributed by atoms with Crippen LogP contribution in [0.5, 0.6) is 0 Å². The molecule has 0 fully saturated rings. The first-order valence-electron chi connectivity index (χ1n) is 8.93. The molecule has 2 N–H and O–H groups in total. The van der Waals surface area contributed by atoms with Crippen LogP contribution in [0.4, 0.5) is 21.3 Å². The van der Waals surface area contributed by atoms with Crippen LogP contribution >= 0.6 is 22.9 Å². The molecule has 0 saturated heterocycles. The standard InChI is InChI=1S/C19H15ClFN7S/c20-12-3-1-2-11(6-12)10-28-5-4-15-16(14-9-24-27-17(14)28)25-19(29-15)26-18-22-7-13(21)8-23-18/h1-3,6-9H,4-5,10H2,(H,24,27)(H,22,23,25,26). The number of benzene rings is 1. The number of rotatable bonds is 4. The van der Waals surface area contributed by atoms with Crippen molar-refractivity contribution in [1.29, 1.82) is 0 Å². The Balaban J connectivity index is 1.43. The van der Waals surface area contributed by atoms with Crippen molar-refractivity contribution in [2.75, 3.05) is 16.8 Å². The SMILES string of the molecule is Fc1cnc(Nc2nc3c(s2)CCN(Cc2cccc(Cl)c2)c2[nH]ncc2-3)nc1. The Hall–Kier alpha value is -3.04. The predicted octanol–water partition coefficient (Wildman–Crippen LogP) is 4.42. The second kappa shape index (κ2) is 7.41. The Bertz CT molecular complexity index is 1160. The third-order valence-electron chi connectivity index (χ3n) is 4.60. The van der Waals surface area contributed by atoms with Gasteiger partial charge in [0.25, 0.3) is 0 Å². The first-order chi connectivity index (χ1) is 14.2. The van der Waals surface area contributed by atoms with Gasteiger partial charge in [0.15, 0.2) is 10.9 Å². The summed E-state index contributed by atoms with van der Waals surface area (Å²) in [6.45, 7) is 1.53. The minimum absolute atomic E-state index is 0.310. The highest BCUT2D eigenvalue weighted by Gasteiger charge is 2.25. The third kappa shape index (κ3) is 3.66. The zero-order chi connectivity index (χ0) is 19.8. The van der Waals surface area contributed by atoms with Gasteiger partial charge in [-0.1, -0.05) is 23.7 Å². The van der Waals surface area contributed by atoms with Crippen molar-refractivity contribution >= 4 is 39.8 Å². The van der Waals surface area contributed by atoms with Gasteiger partial charge in [0.2, 0.25) is 5.95 Å². The first-order valence-corrected chi connectivity index (χ1v) is 10.1. The van der Waals surface area contributed by atoms with E-state index in [1.54, 1.807) is 17.5 Å². The third-order valence-corrected chi connectivity index (χ3v) is 5.86. The average Bonchev–Trinajstić information content (AvgIpc) is 3.31. The van der Waals surface area contributed by atoms with E-state index in [1.165, 1.54) is 0 Å². The Morgan fingerprint density at radius 3 is 2.93 bits per heavy atom. The van der Waals surface area contributed by atoms with Gasteiger partial charge >= 0.3 is 0 Å². The molecule has 5 rings (SSSR count). The fourth-order valence-electron chi connectivity index (χ4n) is 3.31. The number of nitrogens with one attached hydrogen (secondary N) is 2. The van der Waals surface area contributed by atoms with Gasteiger partial charge in [0.05, 0.1) is 29.8 Å². The van der Waals surface area contributed by atoms with Crippen molar-refractivity contribution in [2.45, 2.75) is 13.0 Å². The molecule has 0 bridgehead atoms. The van der Waals surface area contributed by atoms with Crippen molar-refractivity contribution in [3.8, 4) is 11.3 Å². The van der Waals surface area contributed by atoms with E-state index >= 15 is 0 Å². The first kappa shape index (κ1) is 18.0. The van der Waals surface area contributed by atoms with Crippen LogP contribution in [0.15, 0.2) is 42.9 Å². The summed E-state index contributed by atoms with van der Waals surface area (Å²) in [4.78, 5) is 16.0. The molecule has 4 heterocycles. The topological polar surface area (TPSA) is 82.6 Å². The van der Waals surface area contributed by atoms with E-state index < -0.39 is 5.82 Å². The lowest BCUT2D eigenvalue weighted by molar-refractivity contribution is 0.614. The predicted molar refractivity (Wildman–Crippen MR) is 111 cm³/mol. The Labute approximate surface area is 174 Å². The van der Waals surface area contributed by atoms with Crippen LogP contribution in [0.1, 0.15) is 10.4 Å². The Morgan fingerprint density at radius 2 is 2.10 bits per heavy atom. The van der Waals surface area contributed by atoms with Crippen molar-refractivity contribution in [3.05, 3.63) is 64.1 Å². The van der Waals surface area contributed by atoms with Crippen molar-refractivity contribution in [1.82, 2.24) is 25.1 Å². The van der Waals surface area contributed by atoms with Crippen LogP contribution in [-0.4, -0.2) is 31.7 Å². The number of hydrogen-bond acceptors (Lipinski definition) is 7. The van der Waals surface area contributed by atoms with Crippen LogP contribution in [0.2, 0.25) is 5.02 Å². The summed E-state index contributed by atoms with van der Waals surface area (Å²) in [6, 6.07) is 7.86. The lowest BCUT2D eigenvalue weighted by atomic mass is 10.2. The molecule has 3 aromatic heterocycles. The summed E-state index contributed by atoms with van der Waals surface area (Å²) < 4.78 is 13.0. The normalized spacial score (nSPS) is 13.0. The number of nitrogens with zero attached hydrogens (tertiary/aromatic N) is 5. The molecule has 7 nitrogen and oxygen atoms in total. The quantitative estimate of drug-likeness (QED) is 0.501. The summed E-state index contributed by atoms with van der Waals surface area (Å²) >= 11 is 7.68. The summed E-state index contributed by atoms with van der Waals surface area (Å²) in [5, 5.41) is 11.8. The van der Waals surface area contributed by atoms with E-state index in [4.69, 9.17) is 16.6 Å². The van der Waals surface area contributed by atoms with Crippen LogP contribution < -0.4 is 10.2 Å². The molecular formula is C19H15ClFN7S. The fourth-order valence-corrected chi connectivity index (χ4v) is 4.48. The highest BCUT2D eigenvalue weighted by atomic mass is 35.5. The van der Waals surface area contributed by atoms with E-state index in [0.717, 1.165) is 64.4 Å². The van der Waals surface area contributed by atoms with Crippen LogP contribution in [0, 0.1) is 5.82 Å². The lowest BCUT2D eigenvalue weighted by Gasteiger charge is -2.22. The van der Waals surface area contributed by atoms with Gasteiger partial charge in [-0.05, 0) is 17.7 Å². The minimum atomic E-state index is -0.478. The molecule has 0 aliphatic carbocycles. The molecule has 29 heavy (non-hydrogen) atoms. The van der Waals surface area contributed by atoms with Crippen LogP contribution in [-0.2, 0) is 13.0 Å². The Morgan fingerprint density at radius 1 is 1.24 bits per heavy atom. The molecule has 0 unspecified atom stereocenters. The maximum atomic E-state index is 13.0. The summed E-state index contributed by atoms with van der Waals surface area (Å²) in [7, 11) is 0. The monoisotopic (exact) mass is 427 g/mol. The molecule has 10 heteroatoms. The smallest absolute Gasteiger partial charge is 0.229 e. The van der Waals surface area contributed by atoms with E-state index in [2.05, 4.69) is 36.4 Å². The number of hydrogen-bond donors (Lipinski definition) is 2. The number of aromatic amines is 1. The second-order valence-electron chi connectivity index (χ2n) is 6.57. The van der Waals surface area contributed by atoms with Crippen molar-refractivity contribution in [3.63, 3.8) is 0 Å². The van der Waals surface area contributed by atoms with E-state index in [1.807, 2.05) is 18.2 Å². The summed E-state index contributed by atoms with van der Waals surface area (Å²) in [5.41, 5.74) is 2.97. The largest absolute Gasteiger partial charge is 0.352 e. The molecule has 1 aromatic carbocycles. The maximum Gasteiger partial charge on any atom is 0.229 e. The highest BCUT2D eigenvalue weighted by molar-refractivity contribution is 7.16. The van der Waals surface area contributed by atoms with Gasteiger partial charge in [0, 0.05) is 29.4 Å². The van der Waals surface area contributed by atoms with Crippen molar-refractivity contribution < 1.29 is 4.39 Å². The summed E-state index contributed by atoms with van der Waals surface area (Å²) in [6.07, 6.45) is 4.87. The molecule has 0 radical (unpaired) electrons. The number of thiazole rings is 1. The van der Waals surface area contributed by atoms with Gasteiger partial charge in [-0.25, -0.2) is 19.3 Å². The molecule has 1 aliphatic rings. The summed E-state index contributed by atoms with van der Waals surface area (Å²) in [5.74, 6) is 0.761. The van der Waals surface area contributed by atoms with Crippen molar-refractivity contribution in [2.24, 2.45) is 0 Å². The van der Waals surface area contributed by atoms with Gasteiger partial charge in [-0.15, -0.1) is 11.3 Å². The molecule has 0 saturated carbocycles. The van der Waals surface area contributed by atoms with E-state index in [0.29, 0.717) is 11.1 Å². The van der Waals surface area contributed by atoms with Gasteiger partial charge in [0.1, 0.15) is 5.82 Å². The number of H-pyrrole nitrogens is 1. The molecule has 0 amide bonds. The number of anilines is 3. The van der Waals surface area contributed by atoms with Crippen LogP contribution in [0.3, 0.4) is 0 Å². The van der Waals surface area contributed by atoms with Gasteiger partial charge < -0.3 is 10.2 Å². The van der Waals surface area contributed by atoms with Gasteiger partial charge in [-0.2, -0.15) is 5.10 Å². The molecule has 4 aromatic rings. The van der Waals surface area contributed by atoms with E-state index in [-0.39, 0.29) is 0 Å². The zero-order valence-corrected chi connectivity index (χ0v) is 16.6. The molecule has 1 aliphatic heterocycles. The van der Waals surface area contributed by atoms with Crippen LogP contribution in [0.25, 0.3) is 11.3 Å². The zero-order valence-electron chi connectivity index (χ0n) is 15.1. The highest BCUT2D eigenvalue weighted by Crippen LogP contribution is 2.39. The number of aromatic nitrogens is 5. The van der Waals surface area contributed by atoms with E-state index in [9.17, 15) is 4.39 Å². The maximum absolute atomic E-state index is 13.0. The number of fused-ring (bicyclic) bond motifs is 3. The second-order valence-corrected chi connectivity index (χ2v) is 8.09. The molecule has 0 spiro atoms. The fraction of sp³-hybridized carbons (Fsp3) is 0.158. The molecule has 146 valence electrons. The van der Waals surface area contributed by atoms with Gasteiger partial charge in [-0.3, -0.25) is 5.10 Å². The average molecular weight is 428 g/mol. The molecule has 0 atom stereocenters.